The maximum absolute atomic E-state index is 11.9. The van der Waals surface area contributed by atoms with E-state index in [1.54, 1.807) is 12.4 Å². The van der Waals surface area contributed by atoms with Crippen molar-refractivity contribution in [2.24, 2.45) is 5.73 Å². The van der Waals surface area contributed by atoms with Crippen molar-refractivity contribution in [3.05, 3.63) is 72.2 Å². The van der Waals surface area contributed by atoms with Gasteiger partial charge in [0.2, 0.25) is 0 Å². The van der Waals surface area contributed by atoms with Crippen molar-refractivity contribution in [3.8, 4) is 0 Å². The van der Waals surface area contributed by atoms with E-state index in [4.69, 9.17) is 10.5 Å². The molecule has 0 atom stereocenters. The number of hydrogen-bond donors (Lipinski definition) is 2. The van der Waals surface area contributed by atoms with E-state index >= 15 is 0 Å². The molecule has 0 unspecified atom stereocenters. The lowest BCUT2D eigenvalue weighted by Gasteiger charge is -2.23. The predicted molar refractivity (Wildman–Crippen MR) is 118 cm³/mol. The van der Waals surface area contributed by atoms with E-state index in [2.05, 4.69) is 39.6 Å². The smallest absolute Gasteiger partial charge is 0.252 e. The number of amides is 1. The molecule has 154 valence electrons. The first-order valence-electron chi connectivity index (χ1n) is 10.00. The zero-order chi connectivity index (χ0) is 20.9. The Labute approximate surface area is 175 Å². The SMILES string of the molecule is CN(c1cccnc1)c1cc(Nc2ccc(C3CCOCC3)cc2)ncc1C(N)=O. The summed E-state index contributed by atoms with van der Waals surface area (Å²) in [6.07, 6.45) is 7.06. The molecule has 0 radical (unpaired) electrons. The van der Waals surface area contributed by atoms with Crippen molar-refractivity contribution in [2.45, 2.75) is 18.8 Å². The molecular weight excluding hydrogens is 378 g/mol. The molecule has 4 rings (SSSR count). The molecule has 7 nitrogen and oxygen atoms in total. The van der Waals surface area contributed by atoms with E-state index in [9.17, 15) is 4.79 Å². The number of primary amides is 1. The number of carbonyl (C=O) groups is 1. The second kappa shape index (κ2) is 8.92. The number of nitrogens with two attached hydrogens (primary N) is 1. The fourth-order valence-corrected chi connectivity index (χ4v) is 3.69. The Morgan fingerprint density at radius 2 is 1.93 bits per heavy atom. The van der Waals surface area contributed by atoms with Gasteiger partial charge in [-0.05, 0) is 48.6 Å². The number of aromatic nitrogens is 2. The highest BCUT2D eigenvalue weighted by Gasteiger charge is 2.17. The quantitative estimate of drug-likeness (QED) is 0.647. The molecule has 0 spiro atoms. The second-order valence-corrected chi connectivity index (χ2v) is 7.35. The van der Waals surface area contributed by atoms with Crippen molar-refractivity contribution in [1.82, 2.24) is 9.97 Å². The molecule has 3 heterocycles. The number of ether oxygens (including phenoxy) is 1. The fraction of sp³-hybridized carbons (Fsp3) is 0.261. The number of hydrogen-bond acceptors (Lipinski definition) is 6. The van der Waals surface area contributed by atoms with Crippen LogP contribution in [0.1, 0.15) is 34.7 Å². The summed E-state index contributed by atoms with van der Waals surface area (Å²) in [6, 6.07) is 14.0. The first-order chi connectivity index (χ1) is 14.6. The summed E-state index contributed by atoms with van der Waals surface area (Å²) < 4.78 is 5.45. The van der Waals surface area contributed by atoms with Gasteiger partial charge in [0.05, 0.1) is 23.1 Å². The van der Waals surface area contributed by atoms with Gasteiger partial charge in [-0.2, -0.15) is 0 Å². The van der Waals surface area contributed by atoms with Gasteiger partial charge in [-0.1, -0.05) is 12.1 Å². The Bertz CT molecular complexity index is 1000. The van der Waals surface area contributed by atoms with E-state index < -0.39 is 5.91 Å². The average Bonchev–Trinajstić information content (AvgIpc) is 2.80. The first-order valence-corrected chi connectivity index (χ1v) is 10.00. The van der Waals surface area contributed by atoms with Gasteiger partial charge in [-0.25, -0.2) is 4.98 Å². The van der Waals surface area contributed by atoms with Crippen LogP contribution in [0.2, 0.25) is 0 Å². The number of pyridine rings is 2. The molecule has 1 fully saturated rings. The third kappa shape index (κ3) is 4.41. The van der Waals surface area contributed by atoms with Gasteiger partial charge in [-0.15, -0.1) is 0 Å². The molecule has 1 saturated heterocycles. The van der Waals surface area contributed by atoms with Gasteiger partial charge in [-0.3, -0.25) is 9.78 Å². The molecule has 7 heteroatoms. The van der Waals surface area contributed by atoms with E-state index in [1.807, 2.05) is 30.1 Å². The zero-order valence-corrected chi connectivity index (χ0v) is 16.9. The highest BCUT2D eigenvalue weighted by atomic mass is 16.5. The first kappa shape index (κ1) is 19.8. The molecular formula is C23H25N5O2. The summed E-state index contributed by atoms with van der Waals surface area (Å²) in [4.78, 5) is 22.3. The van der Waals surface area contributed by atoms with Crippen LogP contribution in [-0.2, 0) is 4.74 Å². The maximum Gasteiger partial charge on any atom is 0.252 e. The van der Waals surface area contributed by atoms with Crippen LogP contribution in [-0.4, -0.2) is 36.1 Å². The predicted octanol–water partition coefficient (Wildman–Crippen LogP) is 3.98. The molecule has 2 aromatic heterocycles. The normalized spacial score (nSPS) is 14.3. The van der Waals surface area contributed by atoms with Crippen LogP contribution in [0, 0.1) is 0 Å². The van der Waals surface area contributed by atoms with E-state index in [-0.39, 0.29) is 0 Å². The molecule has 0 bridgehead atoms. The topological polar surface area (TPSA) is 93.4 Å². The summed E-state index contributed by atoms with van der Waals surface area (Å²) in [5, 5.41) is 3.32. The number of nitrogens with one attached hydrogen (secondary N) is 1. The Kier molecular flexibility index (Phi) is 5.90. The lowest BCUT2D eigenvalue weighted by atomic mass is 9.92. The van der Waals surface area contributed by atoms with Gasteiger partial charge in [0.15, 0.2) is 0 Å². The average molecular weight is 403 g/mol. The van der Waals surface area contributed by atoms with Crippen LogP contribution in [0.4, 0.5) is 22.9 Å². The monoisotopic (exact) mass is 403 g/mol. The number of benzene rings is 1. The van der Waals surface area contributed by atoms with Gasteiger partial charge >= 0.3 is 0 Å². The van der Waals surface area contributed by atoms with Crippen LogP contribution in [0.3, 0.4) is 0 Å². The standard InChI is InChI=1S/C23H25N5O2/c1-28(19-3-2-10-25-14-19)21-13-22(26-15-20(21)23(24)29)27-18-6-4-16(5-7-18)17-8-11-30-12-9-17/h2-7,10,13-15,17H,8-9,11-12H2,1H3,(H2,24,29)(H,26,27). The minimum atomic E-state index is -0.527. The van der Waals surface area contributed by atoms with Crippen molar-refractivity contribution in [2.75, 3.05) is 30.5 Å². The third-order valence-electron chi connectivity index (χ3n) is 5.42. The van der Waals surface area contributed by atoms with Gasteiger partial charge in [0.1, 0.15) is 5.82 Å². The summed E-state index contributed by atoms with van der Waals surface area (Å²) >= 11 is 0. The largest absolute Gasteiger partial charge is 0.381 e. The zero-order valence-electron chi connectivity index (χ0n) is 16.9. The van der Waals surface area contributed by atoms with Gasteiger partial charge in [0, 0.05) is 44.4 Å². The summed E-state index contributed by atoms with van der Waals surface area (Å²) in [5.74, 6) is 0.658. The lowest BCUT2D eigenvalue weighted by Crippen LogP contribution is -2.19. The Hall–Kier alpha value is -3.45. The highest BCUT2D eigenvalue weighted by Crippen LogP contribution is 2.31. The summed E-state index contributed by atoms with van der Waals surface area (Å²) in [6.45, 7) is 1.65. The second-order valence-electron chi connectivity index (χ2n) is 7.35. The summed E-state index contributed by atoms with van der Waals surface area (Å²) in [5.41, 5.74) is 9.69. The number of nitrogens with zero attached hydrogens (tertiary/aromatic N) is 3. The Morgan fingerprint density at radius 1 is 1.17 bits per heavy atom. The molecule has 1 aliphatic heterocycles. The Balaban J connectivity index is 1.56. The lowest BCUT2D eigenvalue weighted by molar-refractivity contribution is 0.0853. The van der Waals surface area contributed by atoms with Crippen LogP contribution in [0.25, 0.3) is 0 Å². The van der Waals surface area contributed by atoms with Crippen LogP contribution in [0.5, 0.6) is 0 Å². The third-order valence-corrected chi connectivity index (χ3v) is 5.42. The van der Waals surface area contributed by atoms with E-state index in [0.717, 1.165) is 37.4 Å². The molecule has 0 saturated carbocycles. The van der Waals surface area contributed by atoms with E-state index in [0.29, 0.717) is 23.0 Å². The molecule has 3 aromatic rings. The van der Waals surface area contributed by atoms with Crippen molar-refractivity contribution < 1.29 is 9.53 Å². The molecule has 3 N–H and O–H groups in total. The maximum atomic E-state index is 11.9. The molecule has 30 heavy (non-hydrogen) atoms. The molecule has 1 aromatic carbocycles. The fourth-order valence-electron chi connectivity index (χ4n) is 3.69. The minimum absolute atomic E-state index is 0.349. The molecule has 1 amide bonds. The van der Waals surface area contributed by atoms with Gasteiger partial charge < -0.3 is 20.7 Å². The van der Waals surface area contributed by atoms with Crippen molar-refractivity contribution in [3.63, 3.8) is 0 Å². The summed E-state index contributed by atoms with van der Waals surface area (Å²) in [7, 11) is 1.87. The number of rotatable bonds is 6. The molecule has 1 aliphatic rings. The van der Waals surface area contributed by atoms with E-state index in [1.165, 1.54) is 11.8 Å². The van der Waals surface area contributed by atoms with Crippen LogP contribution < -0.4 is 16.0 Å². The number of anilines is 4. The van der Waals surface area contributed by atoms with Gasteiger partial charge in [0.25, 0.3) is 5.91 Å². The van der Waals surface area contributed by atoms with Crippen molar-refractivity contribution >= 4 is 28.8 Å². The number of carbonyl (C=O) groups excluding carboxylic acids is 1. The van der Waals surface area contributed by atoms with Crippen molar-refractivity contribution in [1.29, 1.82) is 0 Å². The molecule has 0 aliphatic carbocycles. The Morgan fingerprint density at radius 3 is 2.60 bits per heavy atom. The van der Waals surface area contributed by atoms with Crippen LogP contribution >= 0.6 is 0 Å². The highest BCUT2D eigenvalue weighted by molar-refractivity contribution is 5.99. The van der Waals surface area contributed by atoms with Crippen LogP contribution in [0.15, 0.2) is 61.1 Å². The minimum Gasteiger partial charge on any atom is -0.381 e.